The first kappa shape index (κ1) is 14.6. The van der Waals surface area contributed by atoms with Gasteiger partial charge in [0.1, 0.15) is 5.75 Å². The third-order valence-electron chi connectivity index (χ3n) is 3.30. The van der Waals surface area contributed by atoms with Gasteiger partial charge < -0.3 is 9.67 Å². The SMILES string of the molecule is O=C(N/N=C\c1ccc(O)cc1)c1ccccc1-n1cccc1. The van der Waals surface area contributed by atoms with Crippen molar-refractivity contribution in [2.24, 2.45) is 5.10 Å². The van der Waals surface area contributed by atoms with Gasteiger partial charge in [0.15, 0.2) is 0 Å². The highest BCUT2D eigenvalue weighted by atomic mass is 16.3. The highest BCUT2D eigenvalue weighted by molar-refractivity contribution is 5.98. The maximum Gasteiger partial charge on any atom is 0.273 e. The maximum atomic E-state index is 12.3. The van der Waals surface area contributed by atoms with Gasteiger partial charge in [-0.3, -0.25) is 4.79 Å². The van der Waals surface area contributed by atoms with Crippen molar-refractivity contribution in [3.8, 4) is 11.4 Å². The first-order valence-electron chi connectivity index (χ1n) is 7.09. The molecule has 5 heteroatoms. The molecule has 114 valence electrons. The lowest BCUT2D eigenvalue weighted by atomic mass is 10.1. The number of hydrazone groups is 1. The van der Waals surface area contributed by atoms with Gasteiger partial charge in [0.05, 0.1) is 17.5 Å². The first-order valence-corrected chi connectivity index (χ1v) is 7.09. The Morgan fingerprint density at radius 1 is 1.00 bits per heavy atom. The quantitative estimate of drug-likeness (QED) is 0.575. The second-order valence-corrected chi connectivity index (χ2v) is 4.90. The van der Waals surface area contributed by atoms with Crippen LogP contribution in [0.4, 0.5) is 0 Å². The number of nitrogens with zero attached hydrogens (tertiary/aromatic N) is 2. The van der Waals surface area contributed by atoms with Crippen molar-refractivity contribution in [3.63, 3.8) is 0 Å². The molecule has 1 heterocycles. The van der Waals surface area contributed by atoms with Crippen LogP contribution in [-0.4, -0.2) is 21.8 Å². The zero-order valence-corrected chi connectivity index (χ0v) is 12.3. The molecule has 0 atom stereocenters. The minimum atomic E-state index is -0.288. The van der Waals surface area contributed by atoms with Crippen molar-refractivity contribution in [1.29, 1.82) is 0 Å². The van der Waals surface area contributed by atoms with Crippen LogP contribution in [0.15, 0.2) is 78.2 Å². The molecule has 2 aromatic carbocycles. The number of phenolic OH excluding ortho intramolecular Hbond substituents is 1. The number of carbonyl (C=O) groups excluding carboxylic acids is 1. The normalized spacial score (nSPS) is 10.8. The van der Waals surface area contributed by atoms with E-state index < -0.39 is 0 Å². The average molecular weight is 305 g/mol. The molecule has 0 unspecified atom stereocenters. The van der Waals surface area contributed by atoms with Crippen LogP contribution in [0.2, 0.25) is 0 Å². The van der Waals surface area contributed by atoms with Gasteiger partial charge in [-0.15, -0.1) is 0 Å². The summed E-state index contributed by atoms with van der Waals surface area (Å²) in [5, 5.41) is 13.2. The number of hydrogen-bond donors (Lipinski definition) is 2. The summed E-state index contributed by atoms with van der Waals surface area (Å²) in [6.07, 6.45) is 5.28. The molecule has 0 bridgehead atoms. The summed E-state index contributed by atoms with van der Waals surface area (Å²) in [5.74, 6) is -0.101. The van der Waals surface area contributed by atoms with E-state index in [1.54, 1.807) is 30.3 Å². The molecule has 1 amide bonds. The molecule has 23 heavy (non-hydrogen) atoms. The number of para-hydroxylation sites is 1. The fourth-order valence-electron chi connectivity index (χ4n) is 2.17. The van der Waals surface area contributed by atoms with Gasteiger partial charge in [0, 0.05) is 12.4 Å². The van der Waals surface area contributed by atoms with Crippen LogP contribution in [0, 0.1) is 0 Å². The number of hydrogen-bond acceptors (Lipinski definition) is 3. The number of rotatable bonds is 4. The Balaban J connectivity index is 1.75. The van der Waals surface area contributed by atoms with Crippen molar-refractivity contribution < 1.29 is 9.90 Å². The van der Waals surface area contributed by atoms with Crippen LogP contribution < -0.4 is 5.43 Å². The minimum absolute atomic E-state index is 0.187. The van der Waals surface area contributed by atoms with E-state index in [0.717, 1.165) is 11.3 Å². The molecule has 0 radical (unpaired) electrons. The predicted molar refractivity (Wildman–Crippen MR) is 88.9 cm³/mol. The Hall–Kier alpha value is -3.34. The summed E-state index contributed by atoms with van der Waals surface area (Å²) >= 11 is 0. The summed E-state index contributed by atoms with van der Waals surface area (Å²) in [6.45, 7) is 0. The zero-order valence-electron chi connectivity index (χ0n) is 12.3. The average Bonchev–Trinajstić information content (AvgIpc) is 3.11. The zero-order chi connectivity index (χ0) is 16.1. The number of aromatic hydroxyl groups is 1. The lowest BCUT2D eigenvalue weighted by molar-refractivity contribution is 0.0955. The third kappa shape index (κ3) is 3.47. The monoisotopic (exact) mass is 305 g/mol. The molecule has 0 aliphatic heterocycles. The fraction of sp³-hybridized carbons (Fsp3) is 0. The van der Waals surface area contributed by atoms with Crippen LogP contribution in [0.3, 0.4) is 0 Å². The number of aromatic nitrogens is 1. The largest absolute Gasteiger partial charge is 0.508 e. The molecule has 3 rings (SSSR count). The Morgan fingerprint density at radius 2 is 1.70 bits per heavy atom. The summed E-state index contributed by atoms with van der Waals surface area (Å²) in [4.78, 5) is 12.3. The van der Waals surface area contributed by atoms with Gasteiger partial charge in [-0.2, -0.15) is 5.10 Å². The van der Waals surface area contributed by atoms with Gasteiger partial charge in [0.25, 0.3) is 5.91 Å². The van der Waals surface area contributed by atoms with Crippen LogP contribution in [0.25, 0.3) is 5.69 Å². The summed E-state index contributed by atoms with van der Waals surface area (Å²) in [7, 11) is 0. The predicted octanol–water partition coefficient (Wildman–Crippen LogP) is 2.95. The summed E-state index contributed by atoms with van der Waals surface area (Å²) < 4.78 is 1.87. The highest BCUT2D eigenvalue weighted by Crippen LogP contribution is 2.14. The van der Waals surface area contributed by atoms with Gasteiger partial charge in [-0.1, -0.05) is 12.1 Å². The molecule has 3 aromatic rings. The van der Waals surface area contributed by atoms with Crippen molar-refractivity contribution >= 4 is 12.1 Å². The topological polar surface area (TPSA) is 66.6 Å². The molecule has 5 nitrogen and oxygen atoms in total. The lowest BCUT2D eigenvalue weighted by Crippen LogP contribution is -2.19. The molecule has 0 spiro atoms. The smallest absolute Gasteiger partial charge is 0.273 e. The standard InChI is InChI=1S/C18H15N3O2/c22-15-9-7-14(8-10-15)13-19-20-18(23)16-5-1-2-6-17(16)21-11-3-4-12-21/h1-13,22H,(H,20,23)/b19-13-. The molecule has 0 fully saturated rings. The third-order valence-corrected chi connectivity index (χ3v) is 3.30. The van der Waals surface area contributed by atoms with Crippen molar-refractivity contribution in [3.05, 3.63) is 84.2 Å². The van der Waals surface area contributed by atoms with E-state index in [-0.39, 0.29) is 11.7 Å². The van der Waals surface area contributed by atoms with Gasteiger partial charge in [-0.05, 0) is 54.1 Å². The first-order chi connectivity index (χ1) is 11.2. The summed E-state index contributed by atoms with van der Waals surface area (Å²) in [6, 6.07) is 17.7. The van der Waals surface area contributed by atoms with E-state index in [1.807, 2.05) is 47.3 Å². The van der Waals surface area contributed by atoms with Crippen LogP contribution >= 0.6 is 0 Å². The molecule has 1 aromatic heterocycles. The fourth-order valence-corrected chi connectivity index (χ4v) is 2.17. The maximum absolute atomic E-state index is 12.3. The van der Waals surface area contributed by atoms with E-state index in [4.69, 9.17) is 0 Å². The van der Waals surface area contributed by atoms with Gasteiger partial charge in [0.2, 0.25) is 0 Å². The molecule has 0 saturated heterocycles. The second kappa shape index (κ2) is 6.62. The van der Waals surface area contributed by atoms with Gasteiger partial charge in [-0.25, -0.2) is 5.43 Å². The number of benzene rings is 2. The van der Waals surface area contributed by atoms with E-state index in [9.17, 15) is 9.90 Å². The Bertz CT molecular complexity index is 822. The van der Waals surface area contributed by atoms with E-state index in [2.05, 4.69) is 10.5 Å². The Morgan fingerprint density at radius 3 is 2.43 bits per heavy atom. The Kier molecular flexibility index (Phi) is 4.20. The van der Waals surface area contributed by atoms with Crippen molar-refractivity contribution in [2.45, 2.75) is 0 Å². The molecule has 2 N–H and O–H groups in total. The number of phenols is 1. The Labute approximate surface area is 133 Å². The van der Waals surface area contributed by atoms with E-state index in [1.165, 1.54) is 6.21 Å². The molecular formula is C18H15N3O2. The van der Waals surface area contributed by atoms with Crippen LogP contribution in [0.5, 0.6) is 5.75 Å². The van der Waals surface area contributed by atoms with E-state index >= 15 is 0 Å². The van der Waals surface area contributed by atoms with Crippen molar-refractivity contribution in [2.75, 3.05) is 0 Å². The summed E-state index contributed by atoms with van der Waals surface area (Å²) in [5.41, 5.74) is 4.62. The molecule has 0 aliphatic carbocycles. The van der Waals surface area contributed by atoms with Crippen molar-refractivity contribution in [1.82, 2.24) is 9.99 Å². The highest BCUT2D eigenvalue weighted by Gasteiger charge is 2.10. The van der Waals surface area contributed by atoms with Crippen LogP contribution in [0.1, 0.15) is 15.9 Å². The second-order valence-electron chi connectivity index (χ2n) is 4.90. The molecule has 0 saturated carbocycles. The number of carbonyl (C=O) groups is 1. The minimum Gasteiger partial charge on any atom is -0.508 e. The van der Waals surface area contributed by atoms with Gasteiger partial charge >= 0.3 is 0 Å². The van der Waals surface area contributed by atoms with Crippen LogP contribution in [-0.2, 0) is 0 Å². The number of nitrogens with one attached hydrogen (secondary N) is 1. The number of amides is 1. The van der Waals surface area contributed by atoms with E-state index in [0.29, 0.717) is 5.56 Å². The molecule has 0 aliphatic rings. The molecular weight excluding hydrogens is 290 g/mol. The lowest BCUT2D eigenvalue weighted by Gasteiger charge is -2.08.